The first-order valence-electron chi connectivity index (χ1n) is 11.8. The first-order valence-corrected chi connectivity index (χ1v) is 13.3. The highest BCUT2D eigenvalue weighted by molar-refractivity contribution is 7.92. The number of rotatable bonds is 8. The first-order chi connectivity index (χ1) is 17.3. The van der Waals surface area contributed by atoms with Gasteiger partial charge in [-0.2, -0.15) is 0 Å². The van der Waals surface area contributed by atoms with Gasteiger partial charge in [0.15, 0.2) is 9.84 Å². The number of carbonyl (C=O) groups is 1. The molecule has 0 unspecified atom stereocenters. The minimum atomic E-state index is -3.75. The zero-order chi connectivity index (χ0) is 27.5. The molecular formula is C26H34N6O4S. The molecule has 1 atom stereocenters. The van der Waals surface area contributed by atoms with Crippen LogP contribution in [0.25, 0.3) is 11.3 Å². The van der Waals surface area contributed by atoms with E-state index in [2.05, 4.69) is 20.3 Å². The molecule has 10 nitrogen and oxygen atoms in total. The minimum Gasteiger partial charge on any atom is -0.495 e. The second kappa shape index (κ2) is 10.7. The summed E-state index contributed by atoms with van der Waals surface area (Å²) in [5.41, 5.74) is 8.29. The van der Waals surface area contributed by atoms with E-state index in [0.29, 0.717) is 17.0 Å². The topological polar surface area (TPSA) is 141 Å². The zero-order valence-corrected chi connectivity index (χ0v) is 23.0. The van der Waals surface area contributed by atoms with Crippen LogP contribution in [0.4, 0.5) is 0 Å². The van der Waals surface area contributed by atoms with Gasteiger partial charge in [-0.1, -0.05) is 6.07 Å². The van der Waals surface area contributed by atoms with Crippen LogP contribution in [0.2, 0.25) is 0 Å². The third-order valence-corrected chi connectivity index (χ3v) is 8.09. The van der Waals surface area contributed by atoms with Crippen LogP contribution >= 0.6 is 0 Å². The van der Waals surface area contributed by atoms with Gasteiger partial charge in [0.2, 0.25) is 0 Å². The van der Waals surface area contributed by atoms with E-state index in [9.17, 15) is 13.2 Å². The number of fused-ring (bicyclic) bond motifs is 1. The monoisotopic (exact) mass is 526 g/mol. The van der Waals surface area contributed by atoms with Crippen molar-refractivity contribution >= 4 is 32.8 Å². The fourth-order valence-electron chi connectivity index (χ4n) is 3.53. The summed E-state index contributed by atoms with van der Waals surface area (Å²) in [6.45, 7) is 10.4. The standard InChI is InChI=1S/C26H34N6O4S/c1-16(2)30-20(25(33)31-17(3)19-10-8-9-11-28-19)12-18(27)21-14-29-24-13-22(36-7)23(15-32(21)24)37(34,35)26(4,5)6/h8-17H,27H2,1-7H3,(H,31,33)/t17-/m1/s1. The number of hydrogen-bond donors (Lipinski definition) is 2. The van der Waals surface area contributed by atoms with Crippen LogP contribution in [0.15, 0.2) is 58.8 Å². The summed E-state index contributed by atoms with van der Waals surface area (Å²) in [5.74, 6) is -0.228. The Hall–Kier alpha value is -3.73. The van der Waals surface area contributed by atoms with Gasteiger partial charge >= 0.3 is 0 Å². The number of hydrogen-bond acceptors (Lipinski definition) is 8. The predicted molar refractivity (Wildman–Crippen MR) is 144 cm³/mol. The van der Waals surface area contributed by atoms with E-state index in [1.807, 2.05) is 32.9 Å². The summed E-state index contributed by atoms with van der Waals surface area (Å²) in [6, 6.07) is 6.49. The lowest BCUT2D eigenvalue weighted by atomic mass is 10.2. The highest BCUT2D eigenvalue weighted by atomic mass is 32.2. The number of imidazole rings is 1. The van der Waals surface area contributed by atoms with Crippen molar-refractivity contribution in [3.8, 4) is 5.75 Å². The fourth-order valence-corrected chi connectivity index (χ4v) is 4.84. The van der Waals surface area contributed by atoms with Gasteiger partial charge < -0.3 is 15.8 Å². The van der Waals surface area contributed by atoms with Crippen molar-refractivity contribution in [2.45, 2.75) is 63.3 Å². The molecule has 3 aromatic heterocycles. The van der Waals surface area contributed by atoms with Gasteiger partial charge in [-0.3, -0.25) is 19.2 Å². The smallest absolute Gasteiger partial charge is 0.270 e. The molecule has 0 spiro atoms. The number of nitrogens with two attached hydrogens (primary N) is 1. The molecule has 0 aromatic carbocycles. The average Bonchev–Trinajstić information content (AvgIpc) is 3.25. The van der Waals surface area contributed by atoms with Gasteiger partial charge in [-0.15, -0.1) is 0 Å². The number of carbonyl (C=O) groups excluding carboxylic acids is 1. The number of methoxy groups -OCH3 is 1. The highest BCUT2D eigenvalue weighted by Gasteiger charge is 2.34. The number of ether oxygens (including phenoxy) is 1. The summed E-state index contributed by atoms with van der Waals surface area (Å²) >= 11 is 0. The van der Waals surface area contributed by atoms with Crippen LogP contribution in [0.5, 0.6) is 5.75 Å². The van der Waals surface area contributed by atoms with Crippen molar-refractivity contribution in [1.29, 1.82) is 0 Å². The van der Waals surface area contributed by atoms with E-state index in [-0.39, 0.29) is 34.1 Å². The Kier molecular flexibility index (Phi) is 8.06. The number of pyridine rings is 2. The van der Waals surface area contributed by atoms with Gasteiger partial charge in [0.1, 0.15) is 22.0 Å². The second-order valence-electron chi connectivity index (χ2n) is 9.85. The Labute approximate surface area is 217 Å². The first kappa shape index (κ1) is 27.9. The highest BCUT2D eigenvalue weighted by Crippen LogP contribution is 2.33. The van der Waals surface area contributed by atoms with Gasteiger partial charge in [0.25, 0.3) is 5.91 Å². The van der Waals surface area contributed by atoms with Crippen LogP contribution < -0.4 is 15.8 Å². The molecule has 1 amide bonds. The van der Waals surface area contributed by atoms with Crippen molar-refractivity contribution in [3.05, 3.63) is 60.3 Å². The van der Waals surface area contributed by atoms with Crippen molar-refractivity contribution in [2.24, 2.45) is 10.7 Å². The molecule has 0 aliphatic rings. The van der Waals surface area contributed by atoms with Crippen LogP contribution in [-0.4, -0.2) is 52.3 Å². The lowest BCUT2D eigenvalue weighted by Gasteiger charge is -2.21. The number of nitrogens with one attached hydrogen (secondary N) is 1. The Morgan fingerprint density at radius 3 is 2.49 bits per heavy atom. The quantitative estimate of drug-likeness (QED) is 0.429. The summed E-state index contributed by atoms with van der Waals surface area (Å²) < 4.78 is 32.4. The third-order valence-electron chi connectivity index (χ3n) is 5.59. The van der Waals surface area contributed by atoms with Gasteiger partial charge in [-0.05, 0) is 59.8 Å². The largest absolute Gasteiger partial charge is 0.495 e. The Bertz CT molecular complexity index is 1450. The van der Waals surface area contributed by atoms with Crippen LogP contribution in [0.3, 0.4) is 0 Å². The normalized spacial score (nSPS) is 14.2. The van der Waals surface area contributed by atoms with Crippen LogP contribution in [-0.2, 0) is 14.6 Å². The zero-order valence-electron chi connectivity index (χ0n) is 22.2. The molecule has 3 N–H and O–H groups in total. The van der Waals surface area contributed by atoms with E-state index in [1.54, 1.807) is 43.5 Å². The Morgan fingerprint density at radius 1 is 1.22 bits per heavy atom. The summed E-state index contributed by atoms with van der Waals surface area (Å²) in [4.78, 5) is 26.2. The number of sulfone groups is 1. The molecule has 0 fully saturated rings. The molecule has 0 saturated heterocycles. The summed E-state index contributed by atoms with van der Waals surface area (Å²) in [6.07, 6.45) is 6.08. The van der Waals surface area contributed by atoms with E-state index >= 15 is 0 Å². The third kappa shape index (κ3) is 5.99. The maximum absolute atomic E-state index is 13.3. The van der Waals surface area contributed by atoms with Crippen molar-refractivity contribution in [1.82, 2.24) is 19.7 Å². The van der Waals surface area contributed by atoms with Crippen molar-refractivity contribution < 1.29 is 17.9 Å². The van der Waals surface area contributed by atoms with Crippen LogP contribution in [0, 0.1) is 0 Å². The van der Waals surface area contributed by atoms with E-state index in [4.69, 9.17) is 10.5 Å². The van der Waals surface area contributed by atoms with Gasteiger partial charge in [0.05, 0.1) is 41.2 Å². The molecule has 3 aromatic rings. The predicted octanol–water partition coefficient (Wildman–Crippen LogP) is 3.34. The molecule has 11 heteroatoms. The average molecular weight is 527 g/mol. The lowest BCUT2D eigenvalue weighted by molar-refractivity contribution is -0.115. The SMILES string of the molecule is COc1cc2ncc(C(N)=CC(=NC(C)C)C(=O)N[C@H](C)c3ccccn3)n2cc1S(=O)(=O)C(C)(C)C. The number of aromatic nitrogens is 3. The maximum Gasteiger partial charge on any atom is 0.270 e. The molecule has 3 rings (SSSR count). The molecule has 37 heavy (non-hydrogen) atoms. The fraction of sp³-hybridized carbons (Fsp3) is 0.385. The Morgan fingerprint density at radius 2 is 1.92 bits per heavy atom. The maximum atomic E-state index is 13.3. The van der Waals surface area contributed by atoms with E-state index in [1.165, 1.54) is 25.6 Å². The lowest BCUT2D eigenvalue weighted by Crippen LogP contribution is -2.33. The van der Waals surface area contributed by atoms with Gasteiger partial charge in [0, 0.05) is 24.5 Å². The molecule has 3 heterocycles. The molecule has 0 saturated carbocycles. The van der Waals surface area contributed by atoms with Crippen LogP contribution in [0.1, 0.15) is 59.0 Å². The van der Waals surface area contributed by atoms with Crippen molar-refractivity contribution in [2.75, 3.05) is 7.11 Å². The molecule has 0 aliphatic carbocycles. The molecule has 0 aliphatic heterocycles. The van der Waals surface area contributed by atoms with Crippen molar-refractivity contribution in [3.63, 3.8) is 0 Å². The number of amides is 1. The molecule has 198 valence electrons. The molecule has 0 radical (unpaired) electrons. The summed E-state index contributed by atoms with van der Waals surface area (Å²) in [5, 5.41) is 2.90. The summed E-state index contributed by atoms with van der Waals surface area (Å²) in [7, 11) is -2.34. The van der Waals surface area contributed by atoms with Gasteiger partial charge in [-0.25, -0.2) is 13.4 Å². The molecular weight excluding hydrogens is 492 g/mol. The minimum absolute atomic E-state index is 0.0139. The second-order valence-corrected chi connectivity index (χ2v) is 12.5. The Balaban J connectivity index is 2.05. The van der Waals surface area contributed by atoms with E-state index < -0.39 is 20.5 Å². The molecule has 0 bridgehead atoms. The number of aliphatic imine (C=N–C) groups is 1. The van der Waals surface area contributed by atoms with E-state index in [0.717, 1.165) is 0 Å². The number of nitrogens with zero attached hydrogens (tertiary/aromatic N) is 4.